The van der Waals surface area contributed by atoms with E-state index in [1.807, 2.05) is 0 Å². The van der Waals surface area contributed by atoms with E-state index < -0.39 is 4.92 Å². The number of nitrogens with zero attached hydrogens (tertiary/aromatic N) is 4. The van der Waals surface area contributed by atoms with Crippen molar-refractivity contribution in [3.05, 3.63) is 16.3 Å². The maximum absolute atomic E-state index is 12.0. The van der Waals surface area contributed by atoms with Crippen molar-refractivity contribution in [2.24, 2.45) is 0 Å². The number of ether oxygens (including phenoxy) is 2. The number of carbonyl (C=O) groups is 2. The Kier molecular flexibility index (Phi) is 4.24. The quantitative estimate of drug-likeness (QED) is 0.554. The maximum atomic E-state index is 12.0. The van der Waals surface area contributed by atoms with Crippen LogP contribution in [0.15, 0.2) is 6.20 Å². The van der Waals surface area contributed by atoms with Crippen LogP contribution in [0.25, 0.3) is 0 Å². The highest BCUT2D eigenvalue weighted by molar-refractivity contribution is 5.83. The highest BCUT2D eigenvalue weighted by Crippen LogP contribution is 2.22. The fraction of sp³-hybridized carbons (Fsp3) is 0.615. The minimum Gasteiger partial charge on any atom is -0.443 e. The number of aromatic nitrogens is 2. The van der Waals surface area contributed by atoms with Crippen LogP contribution in [0.2, 0.25) is 0 Å². The number of imidazole rings is 1. The lowest BCUT2D eigenvalue weighted by molar-refractivity contribution is -0.389. The normalized spacial score (nSPS) is 20.8. The molecule has 0 aliphatic carbocycles. The van der Waals surface area contributed by atoms with Gasteiger partial charge in [-0.3, -0.25) is 14.2 Å². The van der Waals surface area contributed by atoms with E-state index in [0.717, 1.165) is 0 Å². The Labute approximate surface area is 131 Å². The Morgan fingerprint density at radius 2 is 2.22 bits per heavy atom. The molecule has 0 saturated carbocycles. The second-order valence-corrected chi connectivity index (χ2v) is 5.45. The van der Waals surface area contributed by atoms with Gasteiger partial charge in [0.2, 0.25) is 5.91 Å². The number of ketones is 1. The van der Waals surface area contributed by atoms with Crippen molar-refractivity contribution in [3.8, 4) is 6.01 Å². The van der Waals surface area contributed by atoms with Gasteiger partial charge in [0, 0.05) is 30.9 Å². The van der Waals surface area contributed by atoms with Crippen LogP contribution in [0, 0.1) is 10.1 Å². The minimum absolute atomic E-state index is 0.103. The molecule has 3 heterocycles. The second kappa shape index (κ2) is 6.32. The number of amides is 1. The summed E-state index contributed by atoms with van der Waals surface area (Å²) < 4.78 is 12.3. The van der Waals surface area contributed by atoms with Crippen molar-refractivity contribution in [2.75, 3.05) is 26.3 Å². The number of piperidine rings is 1. The van der Waals surface area contributed by atoms with Crippen LogP contribution in [0.5, 0.6) is 6.01 Å². The summed E-state index contributed by atoms with van der Waals surface area (Å²) >= 11 is 0. The number of likely N-dealkylation sites (tertiary alicyclic amines) is 1. The van der Waals surface area contributed by atoms with Crippen molar-refractivity contribution in [1.29, 1.82) is 0 Å². The van der Waals surface area contributed by atoms with Crippen molar-refractivity contribution in [3.63, 3.8) is 0 Å². The highest BCUT2D eigenvalue weighted by atomic mass is 16.6. The number of Topliss-reactive ketones (excluding diaryl/α,β-unsaturated/α-hetero) is 1. The Hall–Kier alpha value is -2.49. The molecule has 0 radical (unpaired) electrons. The molecule has 10 heteroatoms. The van der Waals surface area contributed by atoms with Crippen LogP contribution in [-0.4, -0.2) is 63.5 Å². The first-order valence-electron chi connectivity index (χ1n) is 7.28. The molecular weight excluding hydrogens is 308 g/mol. The van der Waals surface area contributed by atoms with E-state index in [9.17, 15) is 19.7 Å². The van der Waals surface area contributed by atoms with E-state index in [-0.39, 0.29) is 42.8 Å². The van der Waals surface area contributed by atoms with Gasteiger partial charge in [-0.05, 0) is 4.92 Å². The zero-order valence-electron chi connectivity index (χ0n) is 12.3. The number of carbonyl (C=O) groups excluding carboxylic acids is 2. The highest BCUT2D eigenvalue weighted by Gasteiger charge is 2.29. The van der Waals surface area contributed by atoms with Crippen molar-refractivity contribution < 1.29 is 24.0 Å². The molecule has 0 aromatic carbocycles. The molecule has 1 saturated heterocycles. The molecule has 2 aliphatic heterocycles. The van der Waals surface area contributed by atoms with Gasteiger partial charge >= 0.3 is 11.8 Å². The second-order valence-electron chi connectivity index (χ2n) is 5.45. The third kappa shape index (κ3) is 3.47. The smallest absolute Gasteiger partial charge is 0.414 e. The van der Waals surface area contributed by atoms with Crippen molar-refractivity contribution >= 4 is 17.5 Å². The molecule has 1 aromatic heterocycles. The molecular formula is C13H16N4O6. The van der Waals surface area contributed by atoms with Gasteiger partial charge in [-0.25, -0.2) is 0 Å². The summed E-state index contributed by atoms with van der Waals surface area (Å²) in [5.41, 5.74) is 0. The van der Waals surface area contributed by atoms with Crippen LogP contribution in [-0.2, 0) is 20.9 Å². The largest absolute Gasteiger partial charge is 0.443 e. The van der Waals surface area contributed by atoms with Gasteiger partial charge in [-0.2, -0.15) is 0 Å². The molecule has 2 aliphatic rings. The number of fused-ring (bicyclic) bond motifs is 1. The summed E-state index contributed by atoms with van der Waals surface area (Å²) in [6.07, 6.45) is 1.68. The fourth-order valence-corrected chi connectivity index (χ4v) is 2.55. The predicted octanol–water partition coefficient (Wildman–Crippen LogP) is -0.240. The molecule has 0 N–H and O–H groups in total. The number of rotatable bonds is 4. The van der Waals surface area contributed by atoms with Gasteiger partial charge in [0.1, 0.15) is 31.3 Å². The molecule has 23 heavy (non-hydrogen) atoms. The average molecular weight is 324 g/mol. The first-order valence-corrected chi connectivity index (χ1v) is 7.28. The molecule has 0 spiro atoms. The molecule has 1 aromatic rings. The Morgan fingerprint density at radius 1 is 1.48 bits per heavy atom. The summed E-state index contributed by atoms with van der Waals surface area (Å²) in [7, 11) is 0. The average Bonchev–Trinajstić information content (AvgIpc) is 2.97. The topological polar surface area (TPSA) is 117 Å². The third-order valence-electron chi connectivity index (χ3n) is 3.83. The van der Waals surface area contributed by atoms with Crippen LogP contribution in [0.3, 0.4) is 0 Å². The molecule has 3 rings (SSSR count). The summed E-state index contributed by atoms with van der Waals surface area (Å²) in [6, 6.07) is 0.178. The first kappa shape index (κ1) is 15.4. The van der Waals surface area contributed by atoms with Gasteiger partial charge in [0.15, 0.2) is 0 Å². The minimum atomic E-state index is -0.592. The molecule has 0 unspecified atom stereocenters. The zero-order valence-corrected chi connectivity index (χ0v) is 12.3. The Balaban J connectivity index is 1.50. The van der Waals surface area contributed by atoms with E-state index in [2.05, 4.69) is 4.98 Å². The van der Waals surface area contributed by atoms with Crippen LogP contribution in [0.4, 0.5) is 5.82 Å². The van der Waals surface area contributed by atoms with E-state index in [0.29, 0.717) is 32.5 Å². The Bertz CT molecular complexity index is 632. The first-order chi connectivity index (χ1) is 11.0. The number of hydrogen-bond donors (Lipinski definition) is 0. The third-order valence-corrected chi connectivity index (χ3v) is 3.83. The fourth-order valence-electron chi connectivity index (χ4n) is 2.55. The summed E-state index contributed by atoms with van der Waals surface area (Å²) in [6.45, 7) is 1.27. The van der Waals surface area contributed by atoms with Crippen LogP contribution in [0.1, 0.15) is 12.8 Å². The molecule has 1 fully saturated rings. The lowest BCUT2D eigenvalue weighted by atomic mass is 10.1. The molecule has 0 bridgehead atoms. The van der Waals surface area contributed by atoms with Crippen LogP contribution < -0.4 is 4.74 Å². The van der Waals surface area contributed by atoms with Crippen molar-refractivity contribution in [1.82, 2.24) is 14.5 Å². The van der Waals surface area contributed by atoms with Crippen molar-refractivity contribution in [2.45, 2.75) is 25.5 Å². The standard InChI is InChI=1S/C13H16N4O6/c18-9-1-3-15(4-2-9)12(19)8-22-10-5-16-6-11(17(20)21)14-13(16)23-7-10/h6,10H,1-5,7-8H2/t10-/m0/s1. The Morgan fingerprint density at radius 3 is 2.91 bits per heavy atom. The van der Waals surface area contributed by atoms with Gasteiger partial charge in [-0.15, -0.1) is 0 Å². The monoisotopic (exact) mass is 324 g/mol. The predicted molar refractivity (Wildman–Crippen MR) is 74.9 cm³/mol. The maximum Gasteiger partial charge on any atom is 0.414 e. The SMILES string of the molecule is O=C1CCN(C(=O)CO[C@@H]2COc3nc([N+](=O)[O-])cn3C2)CC1. The van der Waals surface area contributed by atoms with E-state index in [1.165, 1.54) is 10.8 Å². The lowest BCUT2D eigenvalue weighted by Gasteiger charge is -2.27. The van der Waals surface area contributed by atoms with Gasteiger partial charge in [0.25, 0.3) is 0 Å². The molecule has 1 amide bonds. The molecule has 1 atom stereocenters. The zero-order chi connectivity index (χ0) is 16.4. The van der Waals surface area contributed by atoms with E-state index in [1.54, 1.807) is 4.90 Å². The summed E-state index contributed by atoms with van der Waals surface area (Å²) in [5, 5.41) is 10.7. The van der Waals surface area contributed by atoms with E-state index >= 15 is 0 Å². The molecule has 124 valence electrons. The number of hydrogen-bond acceptors (Lipinski definition) is 7. The van der Waals surface area contributed by atoms with Gasteiger partial charge < -0.3 is 24.5 Å². The van der Waals surface area contributed by atoms with E-state index in [4.69, 9.17) is 9.47 Å². The summed E-state index contributed by atoms with van der Waals surface area (Å²) in [5.74, 6) is -0.278. The van der Waals surface area contributed by atoms with Crippen LogP contribution >= 0.6 is 0 Å². The summed E-state index contributed by atoms with van der Waals surface area (Å²) in [4.78, 5) is 38.6. The number of nitro groups is 1. The van der Waals surface area contributed by atoms with Gasteiger partial charge in [-0.1, -0.05) is 0 Å². The van der Waals surface area contributed by atoms with Gasteiger partial charge in [0.05, 0.1) is 6.54 Å². The molecule has 10 nitrogen and oxygen atoms in total. The lowest BCUT2D eigenvalue weighted by Crippen LogP contribution is -2.42.